The summed E-state index contributed by atoms with van der Waals surface area (Å²) in [6, 6.07) is 2.63. The molecule has 6 nitrogen and oxygen atoms in total. The van der Waals surface area contributed by atoms with Crippen LogP contribution in [0.2, 0.25) is 0 Å². The second-order valence-corrected chi connectivity index (χ2v) is 6.04. The van der Waals surface area contributed by atoms with Crippen molar-refractivity contribution in [3.8, 4) is 0 Å². The molecule has 3 rings (SSSR count). The molecule has 0 aliphatic carbocycles. The summed E-state index contributed by atoms with van der Waals surface area (Å²) >= 11 is 0. The van der Waals surface area contributed by atoms with E-state index in [1.54, 1.807) is 6.20 Å². The van der Waals surface area contributed by atoms with Gasteiger partial charge in [-0.15, -0.1) is 0 Å². The molecular weight excluding hydrogens is 266 g/mol. The number of carbonyl (C=O) groups is 1. The lowest BCUT2D eigenvalue weighted by molar-refractivity contribution is 0.0497. The Morgan fingerprint density at radius 2 is 2.05 bits per heavy atom. The molecular formula is C15H21N5O. The highest BCUT2D eigenvalue weighted by Crippen LogP contribution is 2.24. The first-order valence-corrected chi connectivity index (χ1v) is 7.32. The Hall–Kier alpha value is -2.11. The third kappa shape index (κ3) is 2.46. The van der Waals surface area contributed by atoms with Crippen molar-refractivity contribution in [3.05, 3.63) is 35.4 Å². The summed E-state index contributed by atoms with van der Waals surface area (Å²) in [4.78, 5) is 14.2. The second-order valence-electron chi connectivity index (χ2n) is 6.04. The fourth-order valence-corrected chi connectivity index (χ4v) is 2.71. The zero-order valence-corrected chi connectivity index (χ0v) is 12.9. The molecule has 112 valence electrons. The molecule has 2 aromatic rings. The molecule has 0 atom stereocenters. The Morgan fingerprint density at radius 1 is 1.33 bits per heavy atom. The van der Waals surface area contributed by atoms with Crippen LogP contribution in [0.5, 0.6) is 0 Å². The predicted octanol–water partition coefficient (Wildman–Crippen LogP) is 1.97. The van der Waals surface area contributed by atoms with E-state index in [0.717, 1.165) is 11.4 Å². The van der Waals surface area contributed by atoms with E-state index in [1.165, 1.54) is 0 Å². The Labute approximate surface area is 124 Å². The molecule has 1 aliphatic rings. The number of nitrogens with zero attached hydrogens (tertiary/aromatic N) is 5. The molecule has 1 amide bonds. The Bertz CT molecular complexity index is 663. The fourth-order valence-electron chi connectivity index (χ4n) is 2.71. The number of carbonyl (C=O) groups excluding carboxylic acids is 1. The normalized spacial score (nSPS) is 15.6. The van der Waals surface area contributed by atoms with Gasteiger partial charge in [0, 0.05) is 31.0 Å². The minimum atomic E-state index is 0.0553. The first kappa shape index (κ1) is 13.9. The number of hydrogen-bond acceptors (Lipinski definition) is 3. The molecule has 0 radical (unpaired) electrons. The topological polar surface area (TPSA) is 56.0 Å². The highest BCUT2D eigenvalue weighted by atomic mass is 16.2. The average molecular weight is 287 g/mol. The fraction of sp³-hybridized carbons (Fsp3) is 0.533. The third-order valence-corrected chi connectivity index (χ3v) is 3.92. The minimum absolute atomic E-state index is 0.0553. The smallest absolute Gasteiger partial charge is 0.257 e. The first-order chi connectivity index (χ1) is 9.95. The average Bonchev–Trinajstić information content (AvgIpc) is 2.95. The lowest BCUT2D eigenvalue weighted by Gasteiger charge is -2.39. The van der Waals surface area contributed by atoms with Crippen molar-refractivity contribution < 1.29 is 4.79 Å². The number of rotatable bonds is 3. The van der Waals surface area contributed by atoms with Crippen molar-refractivity contribution in [1.82, 2.24) is 24.5 Å². The van der Waals surface area contributed by atoms with E-state index in [2.05, 4.69) is 23.2 Å². The van der Waals surface area contributed by atoms with Crippen LogP contribution in [0.1, 0.15) is 47.7 Å². The molecule has 1 fully saturated rings. The van der Waals surface area contributed by atoms with Crippen LogP contribution in [0.3, 0.4) is 0 Å². The summed E-state index contributed by atoms with van der Waals surface area (Å²) in [5.74, 6) is 0.0553. The number of aryl methyl sites for hydroxylation is 2. The van der Waals surface area contributed by atoms with Crippen molar-refractivity contribution in [2.24, 2.45) is 0 Å². The highest BCUT2D eigenvalue weighted by molar-refractivity contribution is 5.94. The van der Waals surface area contributed by atoms with E-state index < -0.39 is 0 Å². The molecule has 0 N–H and O–H groups in total. The van der Waals surface area contributed by atoms with E-state index in [9.17, 15) is 4.79 Å². The summed E-state index contributed by atoms with van der Waals surface area (Å²) in [5, 5.41) is 8.71. The molecule has 3 heterocycles. The Balaban J connectivity index is 1.65. The number of amides is 1. The Kier molecular flexibility index (Phi) is 3.31. The SMILES string of the molecule is Cc1cc(C)n(C2CN(C(=O)c3cnn(C(C)C)c3)C2)n1. The van der Waals surface area contributed by atoms with E-state index in [-0.39, 0.29) is 11.9 Å². The molecule has 0 bridgehead atoms. The second kappa shape index (κ2) is 5.02. The van der Waals surface area contributed by atoms with Gasteiger partial charge in [0.1, 0.15) is 0 Å². The lowest BCUT2D eigenvalue weighted by atomic mass is 10.1. The van der Waals surface area contributed by atoms with Gasteiger partial charge in [-0.05, 0) is 33.8 Å². The first-order valence-electron chi connectivity index (χ1n) is 7.32. The van der Waals surface area contributed by atoms with Gasteiger partial charge < -0.3 is 4.90 Å². The predicted molar refractivity (Wildman–Crippen MR) is 79.3 cm³/mol. The largest absolute Gasteiger partial charge is 0.334 e. The van der Waals surface area contributed by atoms with Crippen LogP contribution in [-0.2, 0) is 0 Å². The maximum Gasteiger partial charge on any atom is 0.257 e. The van der Waals surface area contributed by atoms with Gasteiger partial charge in [-0.25, -0.2) is 0 Å². The summed E-state index contributed by atoms with van der Waals surface area (Å²) in [7, 11) is 0. The van der Waals surface area contributed by atoms with Gasteiger partial charge in [0.05, 0.1) is 23.5 Å². The van der Waals surface area contributed by atoms with E-state index in [0.29, 0.717) is 24.7 Å². The molecule has 0 aromatic carbocycles. The molecule has 0 saturated carbocycles. The van der Waals surface area contributed by atoms with Crippen molar-refractivity contribution >= 4 is 5.91 Å². The summed E-state index contributed by atoms with van der Waals surface area (Å²) in [6.45, 7) is 9.57. The lowest BCUT2D eigenvalue weighted by Crippen LogP contribution is -2.51. The van der Waals surface area contributed by atoms with Gasteiger partial charge in [-0.2, -0.15) is 10.2 Å². The van der Waals surface area contributed by atoms with Crippen LogP contribution in [0, 0.1) is 13.8 Å². The van der Waals surface area contributed by atoms with Gasteiger partial charge in [-0.3, -0.25) is 14.2 Å². The molecule has 0 spiro atoms. The van der Waals surface area contributed by atoms with Crippen LogP contribution in [0.4, 0.5) is 0 Å². The van der Waals surface area contributed by atoms with Crippen LogP contribution in [0.15, 0.2) is 18.5 Å². The van der Waals surface area contributed by atoms with Gasteiger partial charge in [0.25, 0.3) is 5.91 Å². The third-order valence-electron chi connectivity index (χ3n) is 3.92. The Morgan fingerprint density at radius 3 is 2.57 bits per heavy atom. The van der Waals surface area contributed by atoms with Gasteiger partial charge in [0.2, 0.25) is 0 Å². The zero-order valence-electron chi connectivity index (χ0n) is 12.9. The maximum absolute atomic E-state index is 12.4. The van der Waals surface area contributed by atoms with Crippen LogP contribution in [-0.4, -0.2) is 43.5 Å². The molecule has 6 heteroatoms. The summed E-state index contributed by atoms with van der Waals surface area (Å²) in [5.41, 5.74) is 2.84. The summed E-state index contributed by atoms with van der Waals surface area (Å²) in [6.07, 6.45) is 3.47. The van der Waals surface area contributed by atoms with Crippen LogP contribution >= 0.6 is 0 Å². The van der Waals surface area contributed by atoms with Crippen molar-refractivity contribution in [2.75, 3.05) is 13.1 Å². The summed E-state index contributed by atoms with van der Waals surface area (Å²) < 4.78 is 3.84. The van der Waals surface area contributed by atoms with Crippen molar-refractivity contribution in [1.29, 1.82) is 0 Å². The van der Waals surface area contributed by atoms with E-state index in [1.807, 2.05) is 41.2 Å². The zero-order chi connectivity index (χ0) is 15.1. The maximum atomic E-state index is 12.4. The number of hydrogen-bond donors (Lipinski definition) is 0. The van der Waals surface area contributed by atoms with Gasteiger partial charge >= 0.3 is 0 Å². The highest BCUT2D eigenvalue weighted by Gasteiger charge is 2.34. The molecule has 1 saturated heterocycles. The van der Waals surface area contributed by atoms with Gasteiger partial charge in [0.15, 0.2) is 0 Å². The van der Waals surface area contributed by atoms with E-state index >= 15 is 0 Å². The van der Waals surface area contributed by atoms with Crippen molar-refractivity contribution in [2.45, 2.75) is 39.8 Å². The quantitative estimate of drug-likeness (QED) is 0.867. The van der Waals surface area contributed by atoms with E-state index in [4.69, 9.17) is 0 Å². The van der Waals surface area contributed by atoms with Crippen LogP contribution in [0.25, 0.3) is 0 Å². The number of likely N-dealkylation sites (tertiary alicyclic amines) is 1. The molecule has 1 aliphatic heterocycles. The minimum Gasteiger partial charge on any atom is -0.334 e. The monoisotopic (exact) mass is 287 g/mol. The molecule has 0 unspecified atom stereocenters. The van der Waals surface area contributed by atoms with Crippen LogP contribution < -0.4 is 0 Å². The molecule has 21 heavy (non-hydrogen) atoms. The standard InChI is InChI=1S/C15H21N5O/c1-10(2)19-7-13(6-16-19)15(21)18-8-14(9-18)20-12(4)5-11(3)17-20/h5-7,10,14H,8-9H2,1-4H3. The molecule has 2 aromatic heterocycles. The van der Waals surface area contributed by atoms with Crippen molar-refractivity contribution in [3.63, 3.8) is 0 Å². The van der Waals surface area contributed by atoms with Gasteiger partial charge in [-0.1, -0.05) is 0 Å². The number of aromatic nitrogens is 4.